The van der Waals surface area contributed by atoms with E-state index in [1.165, 1.54) is 25.1 Å². The van der Waals surface area contributed by atoms with Gasteiger partial charge in [0.25, 0.3) is 0 Å². The fraction of sp³-hybridized carbons (Fsp3) is 0.733. The highest BCUT2D eigenvalue weighted by molar-refractivity contribution is 5.20. The summed E-state index contributed by atoms with van der Waals surface area (Å²) in [7, 11) is 0. The maximum Gasteiger partial charge on any atom is 0.120 e. The van der Waals surface area contributed by atoms with E-state index in [1.807, 2.05) is 0 Å². The second-order valence-corrected chi connectivity index (χ2v) is 5.98. The van der Waals surface area contributed by atoms with Gasteiger partial charge in [0.2, 0.25) is 0 Å². The van der Waals surface area contributed by atoms with Gasteiger partial charge < -0.3 is 9.73 Å². The Bertz CT molecular complexity index is 384. The molecule has 3 heteroatoms. The van der Waals surface area contributed by atoms with Crippen molar-refractivity contribution in [3.05, 3.63) is 23.2 Å². The van der Waals surface area contributed by atoms with Gasteiger partial charge >= 0.3 is 0 Å². The van der Waals surface area contributed by atoms with Gasteiger partial charge in [-0.1, -0.05) is 20.8 Å². The van der Waals surface area contributed by atoms with Crippen LogP contribution in [0.3, 0.4) is 0 Å². The molecule has 0 aromatic carbocycles. The zero-order valence-corrected chi connectivity index (χ0v) is 12.1. The Labute approximate surface area is 111 Å². The minimum Gasteiger partial charge on any atom is -0.463 e. The van der Waals surface area contributed by atoms with Crippen molar-refractivity contribution in [1.82, 2.24) is 10.2 Å². The van der Waals surface area contributed by atoms with E-state index in [0.29, 0.717) is 6.04 Å². The lowest BCUT2D eigenvalue weighted by Crippen LogP contribution is -2.22. The first kappa shape index (κ1) is 13.6. The lowest BCUT2D eigenvalue weighted by atomic mass is 10.2. The van der Waals surface area contributed by atoms with Crippen molar-refractivity contribution < 1.29 is 4.42 Å². The summed E-state index contributed by atoms with van der Waals surface area (Å²) in [5.41, 5.74) is 1.27. The zero-order chi connectivity index (χ0) is 13.1. The predicted octanol–water partition coefficient (Wildman–Crippen LogP) is 2.93. The lowest BCUT2D eigenvalue weighted by molar-refractivity contribution is 0.283. The normalized spacial score (nSPS) is 21.1. The zero-order valence-electron chi connectivity index (χ0n) is 12.1. The Morgan fingerprint density at radius 2 is 2.28 bits per heavy atom. The van der Waals surface area contributed by atoms with E-state index in [2.05, 4.69) is 44.0 Å². The van der Waals surface area contributed by atoms with Gasteiger partial charge in [-0.05, 0) is 37.4 Å². The summed E-state index contributed by atoms with van der Waals surface area (Å²) in [6.45, 7) is 13.0. The van der Waals surface area contributed by atoms with Crippen LogP contribution in [0.15, 0.2) is 10.5 Å². The molecule has 1 aromatic rings. The second kappa shape index (κ2) is 5.89. The first-order valence-corrected chi connectivity index (χ1v) is 7.08. The van der Waals surface area contributed by atoms with Crippen molar-refractivity contribution in [1.29, 1.82) is 0 Å². The number of nitrogens with zero attached hydrogens (tertiary/aromatic N) is 1. The highest BCUT2D eigenvalue weighted by Crippen LogP contribution is 2.21. The van der Waals surface area contributed by atoms with Gasteiger partial charge in [0.15, 0.2) is 0 Å². The van der Waals surface area contributed by atoms with Gasteiger partial charge in [0, 0.05) is 12.6 Å². The fourth-order valence-corrected chi connectivity index (χ4v) is 2.53. The van der Waals surface area contributed by atoms with Crippen molar-refractivity contribution in [2.24, 2.45) is 5.92 Å². The summed E-state index contributed by atoms with van der Waals surface area (Å²) in [5.74, 6) is 3.04. The van der Waals surface area contributed by atoms with Gasteiger partial charge in [-0.15, -0.1) is 0 Å². The van der Waals surface area contributed by atoms with Crippen molar-refractivity contribution in [3.8, 4) is 0 Å². The standard InChI is InChI=1S/C15H26N2O/c1-11(2)16-8-15-13(4)7-14(18-15)10-17-6-5-12(3)9-17/h7,11-12,16H,5-6,8-10H2,1-4H3. The first-order valence-electron chi connectivity index (χ1n) is 7.08. The van der Waals surface area contributed by atoms with Crippen LogP contribution in [-0.2, 0) is 13.1 Å². The molecular formula is C15H26N2O. The van der Waals surface area contributed by atoms with Crippen molar-refractivity contribution >= 4 is 0 Å². The molecule has 0 aliphatic carbocycles. The molecule has 0 bridgehead atoms. The third-order valence-corrected chi connectivity index (χ3v) is 3.63. The van der Waals surface area contributed by atoms with Crippen LogP contribution >= 0.6 is 0 Å². The molecular weight excluding hydrogens is 224 g/mol. The summed E-state index contributed by atoms with van der Waals surface area (Å²) in [6, 6.07) is 2.69. The Balaban J connectivity index is 1.91. The van der Waals surface area contributed by atoms with E-state index >= 15 is 0 Å². The van der Waals surface area contributed by atoms with Gasteiger partial charge in [0.1, 0.15) is 11.5 Å². The van der Waals surface area contributed by atoms with Gasteiger partial charge in [-0.2, -0.15) is 0 Å². The number of furan rings is 1. The molecule has 1 aromatic heterocycles. The summed E-state index contributed by atoms with van der Waals surface area (Å²) < 4.78 is 5.96. The summed E-state index contributed by atoms with van der Waals surface area (Å²) in [5, 5.41) is 3.41. The molecule has 0 spiro atoms. The van der Waals surface area contributed by atoms with E-state index in [4.69, 9.17) is 4.42 Å². The lowest BCUT2D eigenvalue weighted by Gasteiger charge is -2.12. The van der Waals surface area contributed by atoms with Crippen molar-refractivity contribution in [2.45, 2.75) is 53.2 Å². The average Bonchev–Trinajstić information content (AvgIpc) is 2.83. The number of likely N-dealkylation sites (tertiary alicyclic amines) is 1. The minimum atomic E-state index is 0.498. The van der Waals surface area contributed by atoms with Crippen LogP contribution in [0.25, 0.3) is 0 Å². The maximum atomic E-state index is 5.96. The van der Waals surface area contributed by atoms with Crippen LogP contribution in [0, 0.1) is 12.8 Å². The highest BCUT2D eigenvalue weighted by atomic mass is 16.3. The molecule has 1 aliphatic heterocycles. The monoisotopic (exact) mass is 250 g/mol. The highest BCUT2D eigenvalue weighted by Gasteiger charge is 2.20. The summed E-state index contributed by atoms with van der Waals surface area (Å²) in [6.07, 6.45) is 1.32. The molecule has 102 valence electrons. The van der Waals surface area contributed by atoms with Crippen LogP contribution in [0.1, 0.15) is 44.3 Å². The minimum absolute atomic E-state index is 0.498. The molecule has 2 rings (SSSR count). The molecule has 0 radical (unpaired) electrons. The Morgan fingerprint density at radius 1 is 1.50 bits per heavy atom. The van der Waals surface area contributed by atoms with Gasteiger partial charge in [-0.25, -0.2) is 0 Å². The topological polar surface area (TPSA) is 28.4 Å². The summed E-state index contributed by atoms with van der Waals surface area (Å²) in [4.78, 5) is 2.49. The van der Waals surface area contributed by atoms with E-state index in [-0.39, 0.29) is 0 Å². The Hall–Kier alpha value is -0.800. The van der Waals surface area contributed by atoms with Gasteiger partial charge in [-0.3, -0.25) is 4.90 Å². The van der Waals surface area contributed by atoms with Crippen LogP contribution < -0.4 is 5.32 Å². The fourth-order valence-electron chi connectivity index (χ4n) is 2.53. The molecule has 0 saturated carbocycles. The smallest absolute Gasteiger partial charge is 0.120 e. The van der Waals surface area contributed by atoms with E-state index in [0.717, 1.165) is 30.5 Å². The molecule has 3 nitrogen and oxygen atoms in total. The van der Waals surface area contributed by atoms with E-state index in [1.54, 1.807) is 0 Å². The molecule has 1 atom stereocenters. The largest absolute Gasteiger partial charge is 0.463 e. The van der Waals surface area contributed by atoms with E-state index < -0.39 is 0 Å². The molecule has 1 N–H and O–H groups in total. The second-order valence-electron chi connectivity index (χ2n) is 5.98. The van der Waals surface area contributed by atoms with Crippen molar-refractivity contribution in [3.63, 3.8) is 0 Å². The summed E-state index contributed by atoms with van der Waals surface area (Å²) >= 11 is 0. The number of rotatable bonds is 5. The molecule has 1 aliphatic rings. The predicted molar refractivity (Wildman–Crippen MR) is 74.5 cm³/mol. The molecule has 2 heterocycles. The van der Waals surface area contributed by atoms with E-state index in [9.17, 15) is 0 Å². The molecule has 1 saturated heterocycles. The third-order valence-electron chi connectivity index (χ3n) is 3.63. The number of aryl methyl sites for hydroxylation is 1. The Morgan fingerprint density at radius 3 is 2.89 bits per heavy atom. The third kappa shape index (κ3) is 3.59. The first-order chi connectivity index (χ1) is 8.54. The number of nitrogens with one attached hydrogen (secondary N) is 1. The maximum absolute atomic E-state index is 5.96. The molecule has 18 heavy (non-hydrogen) atoms. The van der Waals surface area contributed by atoms with Crippen molar-refractivity contribution in [2.75, 3.05) is 13.1 Å². The van der Waals surface area contributed by atoms with Crippen LogP contribution in [-0.4, -0.2) is 24.0 Å². The molecule has 0 amide bonds. The quantitative estimate of drug-likeness (QED) is 0.871. The van der Waals surface area contributed by atoms with Crippen LogP contribution in [0.5, 0.6) is 0 Å². The SMILES string of the molecule is Cc1cc(CN2CCC(C)C2)oc1CNC(C)C. The average molecular weight is 250 g/mol. The Kier molecular flexibility index (Phi) is 4.46. The molecule has 1 fully saturated rings. The van der Waals surface area contributed by atoms with Crippen LogP contribution in [0.4, 0.5) is 0 Å². The number of hydrogen-bond acceptors (Lipinski definition) is 3. The van der Waals surface area contributed by atoms with Gasteiger partial charge in [0.05, 0.1) is 13.1 Å². The van der Waals surface area contributed by atoms with Crippen LogP contribution in [0.2, 0.25) is 0 Å². The number of hydrogen-bond donors (Lipinski definition) is 1. The molecule has 1 unspecified atom stereocenters.